The number of aromatic nitrogens is 2. The van der Waals surface area contributed by atoms with E-state index < -0.39 is 5.97 Å². The maximum atomic E-state index is 12.0. The Morgan fingerprint density at radius 3 is 2.65 bits per heavy atom. The number of nitrogens with one attached hydrogen (secondary N) is 2. The van der Waals surface area contributed by atoms with Crippen LogP contribution in [0.15, 0.2) is 36.7 Å². The Morgan fingerprint density at radius 2 is 2.00 bits per heavy atom. The molecule has 8 nitrogen and oxygen atoms in total. The number of methoxy groups -OCH3 is 1. The van der Waals surface area contributed by atoms with Gasteiger partial charge in [-0.1, -0.05) is 6.07 Å². The number of carbonyl (C=O) groups is 2. The van der Waals surface area contributed by atoms with Crippen LogP contribution in [0.4, 0.5) is 11.5 Å². The summed E-state index contributed by atoms with van der Waals surface area (Å²) in [5.74, 6) is -0.201. The molecule has 8 heteroatoms. The number of benzene rings is 1. The molecule has 1 aromatic carbocycles. The molecular formula is C18H23N5O3. The lowest BCUT2D eigenvalue weighted by Crippen LogP contribution is -2.27. The Bertz CT molecular complexity index is 747. The molecule has 1 aromatic heterocycles. The van der Waals surface area contributed by atoms with Gasteiger partial charge in [-0.25, -0.2) is 14.8 Å². The van der Waals surface area contributed by atoms with Crippen molar-refractivity contribution in [3.63, 3.8) is 0 Å². The van der Waals surface area contributed by atoms with Gasteiger partial charge in [0, 0.05) is 12.2 Å². The number of hydrogen-bond donors (Lipinski definition) is 2. The molecule has 0 bridgehead atoms. The Morgan fingerprint density at radius 1 is 1.19 bits per heavy atom. The third kappa shape index (κ3) is 5.82. The normalized spacial score (nSPS) is 10.5. The summed E-state index contributed by atoms with van der Waals surface area (Å²) in [5, 5.41) is 5.85. The van der Waals surface area contributed by atoms with Crippen LogP contribution in [0.5, 0.6) is 0 Å². The molecular weight excluding hydrogens is 334 g/mol. The summed E-state index contributed by atoms with van der Waals surface area (Å²) < 4.78 is 4.70. The molecule has 0 saturated carbocycles. The molecule has 26 heavy (non-hydrogen) atoms. The van der Waals surface area contributed by atoms with E-state index >= 15 is 0 Å². The first-order valence-corrected chi connectivity index (χ1v) is 8.20. The fraction of sp³-hybridized carbons (Fsp3) is 0.333. The summed E-state index contributed by atoms with van der Waals surface area (Å²) in [6, 6.07) is 6.84. The lowest BCUT2D eigenvalue weighted by molar-refractivity contribution is 0.0600. The van der Waals surface area contributed by atoms with Gasteiger partial charge in [0.25, 0.3) is 5.91 Å². The highest BCUT2D eigenvalue weighted by Gasteiger charge is 2.09. The molecule has 2 aromatic rings. The molecule has 0 aliphatic rings. The van der Waals surface area contributed by atoms with Crippen molar-refractivity contribution in [1.29, 1.82) is 0 Å². The van der Waals surface area contributed by atoms with Crippen molar-refractivity contribution in [2.24, 2.45) is 0 Å². The largest absolute Gasteiger partial charge is 0.465 e. The van der Waals surface area contributed by atoms with Crippen molar-refractivity contribution in [3.8, 4) is 0 Å². The van der Waals surface area contributed by atoms with Gasteiger partial charge in [0.2, 0.25) is 0 Å². The highest BCUT2D eigenvalue weighted by Crippen LogP contribution is 2.16. The molecule has 2 rings (SSSR count). The summed E-state index contributed by atoms with van der Waals surface area (Å²) in [6.45, 7) is 1.48. The second-order valence-corrected chi connectivity index (χ2v) is 5.90. The zero-order valence-corrected chi connectivity index (χ0v) is 15.2. The summed E-state index contributed by atoms with van der Waals surface area (Å²) in [5.41, 5.74) is 1.35. The zero-order chi connectivity index (χ0) is 18.9. The van der Waals surface area contributed by atoms with Crippen LogP contribution < -0.4 is 10.6 Å². The van der Waals surface area contributed by atoms with Crippen LogP contribution in [0.25, 0.3) is 0 Å². The van der Waals surface area contributed by atoms with Gasteiger partial charge in [0.1, 0.15) is 11.5 Å². The van der Waals surface area contributed by atoms with Crippen LogP contribution in [-0.2, 0) is 4.74 Å². The molecule has 0 aliphatic carbocycles. The van der Waals surface area contributed by atoms with Crippen LogP contribution in [0.1, 0.15) is 27.3 Å². The minimum atomic E-state index is -0.416. The highest BCUT2D eigenvalue weighted by molar-refractivity contribution is 5.92. The van der Waals surface area contributed by atoms with Crippen LogP contribution >= 0.6 is 0 Å². The first-order chi connectivity index (χ1) is 12.5. The maximum absolute atomic E-state index is 12.0. The van der Waals surface area contributed by atoms with Crippen LogP contribution in [0.2, 0.25) is 0 Å². The van der Waals surface area contributed by atoms with Gasteiger partial charge < -0.3 is 20.3 Å². The smallest absolute Gasteiger partial charge is 0.337 e. The summed E-state index contributed by atoms with van der Waals surface area (Å²) in [7, 11) is 5.30. The maximum Gasteiger partial charge on any atom is 0.337 e. The third-order valence-electron chi connectivity index (χ3n) is 3.51. The SMILES string of the molecule is COC(=O)c1cccc(Nc2cnc(C(=O)NCCCN(C)C)cn2)c1. The predicted octanol–water partition coefficient (Wildman–Crippen LogP) is 1.69. The fourth-order valence-corrected chi connectivity index (χ4v) is 2.19. The van der Waals surface area contributed by atoms with Crippen molar-refractivity contribution >= 4 is 23.4 Å². The average molecular weight is 357 g/mol. The number of esters is 1. The molecule has 138 valence electrons. The van der Waals surface area contributed by atoms with E-state index in [0.29, 0.717) is 23.6 Å². The quantitative estimate of drug-likeness (QED) is 0.548. The van der Waals surface area contributed by atoms with E-state index in [1.54, 1.807) is 24.3 Å². The highest BCUT2D eigenvalue weighted by atomic mass is 16.5. The number of carbonyl (C=O) groups excluding carboxylic acids is 2. The van der Waals surface area contributed by atoms with E-state index in [4.69, 9.17) is 4.74 Å². The minimum Gasteiger partial charge on any atom is -0.465 e. The topological polar surface area (TPSA) is 96.4 Å². The first kappa shape index (κ1) is 19.3. The van der Waals surface area contributed by atoms with Gasteiger partial charge in [-0.3, -0.25) is 4.79 Å². The van der Waals surface area contributed by atoms with Crippen LogP contribution in [0, 0.1) is 0 Å². The van der Waals surface area contributed by atoms with Gasteiger partial charge in [0.05, 0.1) is 25.1 Å². The monoisotopic (exact) mass is 357 g/mol. The molecule has 0 spiro atoms. The van der Waals surface area contributed by atoms with Crippen molar-refractivity contribution in [2.75, 3.05) is 39.6 Å². The second-order valence-electron chi connectivity index (χ2n) is 5.90. The molecule has 0 atom stereocenters. The Hall–Kier alpha value is -3.00. The molecule has 0 fully saturated rings. The number of nitrogens with zero attached hydrogens (tertiary/aromatic N) is 3. The lowest BCUT2D eigenvalue weighted by atomic mass is 10.2. The molecule has 0 aliphatic heterocycles. The summed E-state index contributed by atoms with van der Waals surface area (Å²) in [6.07, 6.45) is 3.75. The number of rotatable bonds is 8. The predicted molar refractivity (Wildman–Crippen MR) is 98.6 cm³/mol. The van der Waals surface area contributed by atoms with Gasteiger partial charge in [-0.2, -0.15) is 0 Å². The van der Waals surface area contributed by atoms with E-state index in [9.17, 15) is 9.59 Å². The zero-order valence-electron chi connectivity index (χ0n) is 15.2. The van der Waals surface area contributed by atoms with Crippen molar-refractivity contribution in [3.05, 3.63) is 47.9 Å². The third-order valence-corrected chi connectivity index (χ3v) is 3.51. The average Bonchev–Trinajstić information content (AvgIpc) is 2.65. The van der Waals surface area contributed by atoms with E-state index in [0.717, 1.165) is 13.0 Å². The van der Waals surface area contributed by atoms with Gasteiger partial charge >= 0.3 is 5.97 Å². The Labute approximate surface area is 152 Å². The first-order valence-electron chi connectivity index (χ1n) is 8.20. The molecule has 2 N–H and O–H groups in total. The summed E-state index contributed by atoms with van der Waals surface area (Å²) >= 11 is 0. The van der Waals surface area contributed by atoms with E-state index in [-0.39, 0.29) is 11.6 Å². The number of ether oxygens (including phenoxy) is 1. The molecule has 0 saturated heterocycles. The van der Waals surface area contributed by atoms with Crippen molar-refractivity contribution in [2.45, 2.75) is 6.42 Å². The molecule has 0 unspecified atom stereocenters. The van der Waals surface area contributed by atoms with Gasteiger partial charge in [-0.15, -0.1) is 0 Å². The number of amides is 1. The fourth-order valence-electron chi connectivity index (χ4n) is 2.19. The Balaban J connectivity index is 1.93. The molecule has 1 amide bonds. The van der Waals surface area contributed by atoms with E-state index in [1.807, 2.05) is 14.1 Å². The molecule has 0 radical (unpaired) electrons. The van der Waals surface area contributed by atoms with E-state index in [2.05, 4.69) is 25.5 Å². The van der Waals surface area contributed by atoms with Gasteiger partial charge in [0.15, 0.2) is 0 Å². The van der Waals surface area contributed by atoms with Crippen LogP contribution in [-0.4, -0.2) is 61.0 Å². The lowest BCUT2D eigenvalue weighted by Gasteiger charge is -2.10. The minimum absolute atomic E-state index is 0.253. The summed E-state index contributed by atoms with van der Waals surface area (Å²) in [4.78, 5) is 33.9. The van der Waals surface area contributed by atoms with Gasteiger partial charge in [-0.05, 0) is 45.3 Å². The van der Waals surface area contributed by atoms with Crippen molar-refractivity contribution < 1.29 is 14.3 Å². The standard InChI is InChI=1S/C18H23N5O3/c1-23(2)9-5-8-19-17(24)15-11-21-16(12-20-15)22-14-7-4-6-13(10-14)18(25)26-3/h4,6-7,10-12H,5,8-9H2,1-3H3,(H,19,24)(H,21,22). The van der Waals surface area contributed by atoms with E-state index in [1.165, 1.54) is 19.5 Å². The second kappa shape index (κ2) is 9.47. The number of hydrogen-bond acceptors (Lipinski definition) is 7. The number of anilines is 2. The van der Waals surface area contributed by atoms with Crippen molar-refractivity contribution in [1.82, 2.24) is 20.2 Å². The Kier molecular flexibility index (Phi) is 7.04. The van der Waals surface area contributed by atoms with Crippen LogP contribution in [0.3, 0.4) is 0 Å². The molecule has 1 heterocycles.